The summed E-state index contributed by atoms with van der Waals surface area (Å²) in [6.07, 6.45) is 1.02. The first kappa shape index (κ1) is 19.1. The number of halogens is 3. The highest BCUT2D eigenvalue weighted by molar-refractivity contribution is 9.10. The molecule has 0 radical (unpaired) electrons. The lowest BCUT2D eigenvalue weighted by atomic mass is 10.4. The smallest absolute Gasteiger partial charge is 0.242 e. The molecule has 2 N–H and O–H groups in total. The zero-order valence-corrected chi connectivity index (χ0v) is 14.4. The average Bonchev–Trinajstić information content (AvgIpc) is 2.32. The van der Waals surface area contributed by atoms with E-state index in [4.69, 9.17) is 11.6 Å². The fraction of sp³-hybridized carbons (Fsp3) is 0.455. The minimum Gasteiger partial charge on any atom is -0.315 e. The lowest BCUT2D eigenvalue weighted by Gasteiger charge is -2.09. The van der Waals surface area contributed by atoms with Gasteiger partial charge in [0.1, 0.15) is 4.90 Å². The molecule has 0 aliphatic rings. The Morgan fingerprint density at radius 3 is 2.58 bits per heavy atom. The van der Waals surface area contributed by atoms with Crippen LogP contribution in [0.25, 0.3) is 0 Å². The van der Waals surface area contributed by atoms with Crippen molar-refractivity contribution in [3.63, 3.8) is 0 Å². The molecule has 4 nitrogen and oxygen atoms in total. The largest absolute Gasteiger partial charge is 0.315 e. The zero-order valence-electron chi connectivity index (χ0n) is 10.4. The number of nitrogens with one attached hydrogen (secondary N) is 2. The molecule has 0 amide bonds. The summed E-state index contributed by atoms with van der Waals surface area (Å²) in [6, 6.07) is 4.82. The van der Waals surface area contributed by atoms with Gasteiger partial charge in [-0.05, 0) is 41.0 Å². The normalized spacial score (nSPS) is 11.1. The van der Waals surface area contributed by atoms with Crippen LogP contribution in [0.1, 0.15) is 13.3 Å². The van der Waals surface area contributed by atoms with E-state index < -0.39 is 10.0 Å². The Morgan fingerprint density at radius 1 is 1.26 bits per heavy atom. The molecule has 0 aromatic heterocycles. The molecule has 0 spiro atoms. The highest BCUT2D eigenvalue weighted by Crippen LogP contribution is 2.28. The summed E-state index contributed by atoms with van der Waals surface area (Å²) >= 11 is 9.16. The summed E-state index contributed by atoms with van der Waals surface area (Å²) < 4.78 is 27.1. The maximum absolute atomic E-state index is 12.0. The molecular formula is C11H17BrCl2N2O2S. The fourth-order valence-electron chi connectivity index (χ4n) is 1.34. The number of benzene rings is 1. The van der Waals surface area contributed by atoms with E-state index in [0.717, 1.165) is 13.0 Å². The number of hydrogen-bond acceptors (Lipinski definition) is 3. The van der Waals surface area contributed by atoms with Crippen molar-refractivity contribution in [1.29, 1.82) is 0 Å². The number of sulfonamides is 1. The molecule has 1 aromatic carbocycles. The van der Waals surface area contributed by atoms with E-state index >= 15 is 0 Å². The van der Waals surface area contributed by atoms with Gasteiger partial charge in [0.15, 0.2) is 0 Å². The van der Waals surface area contributed by atoms with E-state index in [2.05, 4.69) is 32.9 Å². The maximum Gasteiger partial charge on any atom is 0.242 e. The molecule has 0 aliphatic carbocycles. The van der Waals surface area contributed by atoms with E-state index in [-0.39, 0.29) is 22.3 Å². The van der Waals surface area contributed by atoms with Crippen LogP contribution in [0.5, 0.6) is 0 Å². The Labute approximate surface area is 133 Å². The van der Waals surface area contributed by atoms with E-state index in [1.165, 1.54) is 6.07 Å². The van der Waals surface area contributed by atoms with Crippen molar-refractivity contribution in [2.45, 2.75) is 18.2 Å². The molecule has 0 saturated heterocycles. The molecule has 19 heavy (non-hydrogen) atoms. The Bertz CT molecular complexity index is 497. The molecule has 8 heteroatoms. The van der Waals surface area contributed by atoms with Gasteiger partial charge in [0.05, 0.1) is 5.02 Å². The average molecular weight is 392 g/mol. The van der Waals surface area contributed by atoms with E-state index in [0.29, 0.717) is 17.6 Å². The molecule has 0 unspecified atom stereocenters. The van der Waals surface area contributed by atoms with Gasteiger partial charge in [-0.1, -0.05) is 24.6 Å². The minimum absolute atomic E-state index is 0. The molecule has 0 heterocycles. The summed E-state index contributed by atoms with van der Waals surface area (Å²) in [4.78, 5) is 0.0917. The molecule has 0 atom stereocenters. The number of hydrogen-bond donors (Lipinski definition) is 2. The monoisotopic (exact) mass is 390 g/mol. The summed E-state index contributed by atoms with van der Waals surface area (Å²) in [5, 5.41) is 3.32. The molecule has 0 bridgehead atoms. The van der Waals surface area contributed by atoms with Crippen LogP contribution < -0.4 is 10.0 Å². The van der Waals surface area contributed by atoms with Gasteiger partial charge in [-0.3, -0.25) is 0 Å². The third kappa shape index (κ3) is 5.97. The van der Waals surface area contributed by atoms with Gasteiger partial charge in [0, 0.05) is 17.6 Å². The van der Waals surface area contributed by atoms with Crippen molar-refractivity contribution in [2.24, 2.45) is 0 Å². The molecule has 0 aliphatic heterocycles. The first-order valence-corrected chi connectivity index (χ1v) is 8.29. The van der Waals surface area contributed by atoms with E-state index in [1.54, 1.807) is 12.1 Å². The van der Waals surface area contributed by atoms with Crippen LogP contribution in [0.15, 0.2) is 27.6 Å². The molecule has 1 aromatic rings. The summed E-state index contributed by atoms with van der Waals surface area (Å²) in [6.45, 7) is 3.86. The van der Waals surface area contributed by atoms with Crippen LogP contribution in [0.4, 0.5) is 0 Å². The fourth-order valence-corrected chi connectivity index (χ4v) is 3.40. The Morgan fingerprint density at radius 2 is 1.95 bits per heavy atom. The first-order valence-electron chi connectivity index (χ1n) is 5.63. The second-order valence-electron chi connectivity index (χ2n) is 3.70. The van der Waals surface area contributed by atoms with Crippen LogP contribution in [-0.4, -0.2) is 28.1 Å². The molecule has 1 rings (SSSR count). The van der Waals surface area contributed by atoms with Crippen molar-refractivity contribution in [1.82, 2.24) is 10.0 Å². The van der Waals surface area contributed by atoms with Crippen molar-refractivity contribution in [2.75, 3.05) is 19.6 Å². The van der Waals surface area contributed by atoms with Gasteiger partial charge in [-0.15, -0.1) is 12.4 Å². The van der Waals surface area contributed by atoms with E-state index in [9.17, 15) is 8.42 Å². The highest BCUT2D eigenvalue weighted by Gasteiger charge is 2.18. The van der Waals surface area contributed by atoms with Gasteiger partial charge < -0.3 is 5.32 Å². The summed E-state index contributed by atoms with van der Waals surface area (Å²) in [5.41, 5.74) is 0. The second kappa shape index (κ2) is 9.15. The third-order valence-electron chi connectivity index (χ3n) is 2.23. The second-order valence-corrected chi connectivity index (χ2v) is 6.67. The molecular weight excluding hydrogens is 375 g/mol. The first-order chi connectivity index (χ1) is 8.49. The predicted molar refractivity (Wildman–Crippen MR) is 84.7 cm³/mol. The SMILES string of the molecule is CCCNCCNS(=O)(=O)c1cccc(Br)c1Cl.Cl. The van der Waals surface area contributed by atoms with Gasteiger partial charge in [0.2, 0.25) is 10.0 Å². The van der Waals surface area contributed by atoms with Crippen LogP contribution in [0.3, 0.4) is 0 Å². The quantitative estimate of drug-likeness (QED) is 0.702. The van der Waals surface area contributed by atoms with Gasteiger partial charge in [-0.2, -0.15) is 0 Å². The standard InChI is InChI=1S/C11H16BrClN2O2S.ClH/c1-2-6-14-7-8-15-18(16,17)10-5-3-4-9(12)11(10)13;/h3-5,14-15H,2,6-8H2,1H3;1H. The van der Waals surface area contributed by atoms with Crippen LogP contribution in [-0.2, 0) is 10.0 Å². The van der Waals surface area contributed by atoms with Gasteiger partial charge >= 0.3 is 0 Å². The summed E-state index contributed by atoms with van der Waals surface area (Å²) in [7, 11) is -3.55. The molecule has 0 fully saturated rings. The van der Waals surface area contributed by atoms with Crippen molar-refractivity contribution < 1.29 is 8.42 Å². The topological polar surface area (TPSA) is 58.2 Å². The van der Waals surface area contributed by atoms with Crippen LogP contribution in [0, 0.1) is 0 Å². The van der Waals surface area contributed by atoms with Crippen LogP contribution in [0.2, 0.25) is 5.02 Å². The van der Waals surface area contributed by atoms with Gasteiger partial charge in [0.25, 0.3) is 0 Å². The Hall–Kier alpha value is 0.150. The third-order valence-corrected chi connectivity index (χ3v) is 5.14. The Balaban J connectivity index is 0.00000324. The highest BCUT2D eigenvalue weighted by atomic mass is 79.9. The predicted octanol–water partition coefficient (Wildman–Crippen LogP) is 2.80. The molecule has 110 valence electrons. The van der Waals surface area contributed by atoms with Crippen molar-refractivity contribution >= 4 is 50.0 Å². The van der Waals surface area contributed by atoms with Gasteiger partial charge in [-0.25, -0.2) is 13.1 Å². The molecule has 0 saturated carbocycles. The lowest BCUT2D eigenvalue weighted by Crippen LogP contribution is -2.32. The number of rotatable bonds is 7. The summed E-state index contributed by atoms with van der Waals surface area (Å²) in [5.74, 6) is 0. The Kier molecular flexibility index (Phi) is 9.23. The maximum atomic E-state index is 12.0. The minimum atomic E-state index is -3.55. The van der Waals surface area contributed by atoms with E-state index in [1.807, 2.05) is 0 Å². The van der Waals surface area contributed by atoms with Crippen LogP contribution >= 0.6 is 39.9 Å². The van der Waals surface area contributed by atoms with Crippen molar-refractivity contribution in [3.05, 3.63) is 27.7 Å². The van der Waals surface area contributed by atoms with Crippen molar-refractivity contribution in [3.8, 4) is 0 Å². The zero-order chi connectivity index (χ0) is 13.6. The lowest BCUT2D eigenvalue weighted by molar-refractivity contribution is 0.575.